The van der Waals surface area contributed by atoms with E-state index in [9.17, 15) is 22.0 Å². The molecular weight excluding hydrogens is 249 g/mol. The lowest BCUT2D eigenvalue weighted by Gasteiger charge is -2.11. The van der Waals surface area contributed by atoms with E-state index >= 15 is 0 Å². The van der Waals surface area contributed by atoms with Crippen molar-refractivity contribution in [1.82, 2.24) is 0 Å². The quantitative estimate of drug-likeness (QED) is 0.661. The molecule has 0 amide bonds. The van der Waals surface area contributed by atoms with E-state index in [0.29, 0.717) is 0 Å². The van der Waals surface area contributed by atoms with Crippen LogP contribution in [-0.2, 0) is 0 Å². The fourth-order valence-corrected chi connectivity index (χ4v) is 1.58. The summed E-state index contributed by atoms with van der Waals surface area (Å²) >= 11 is -0.299. The second-order valence-corrected chi connectivity index (χ2v) is 4.12. The number of hydrogen-bond donors (Lipinski definition) is 1. The van der Waals surface area contributed by atoms with Crippen LogP contribution in [0.1, 0.15) is 11.6 Å². The highest BCUT2D eigenvalue weighted by Gasteiger charge is 2.29. The molecule has 1 aromatic rings. The van der Waals surface area contributed by atoms with Crippen molar-refractivity contribution in [2.24, 2.45) is 5.73 Å². The molecule has 0 heterocycles. The first-order valence-corrected chi connectivity index (χ1v) is 5.00. The summed E-state index contributed by atoms with van der Waals surface area (Å²) in [5.74, 6) is 0. The Labute approximate surface area is 92.8 Å². The number of halogens is 5. The molecule has 90 valence electrons. The van der Waals surface area contributed by atoms with Crippen LogP contribution in [0.3, 0.4) is 0 Å². The van der Waals surface area contributed by atoms with Crippen LogP contribution in [0.15, 0.2) is 29.2 Å². The van der Waals surface area contributed by atoms with Crippen LogP contribution < -0.4 is 5.73 Å². The maximum atomic E-state index is 12.2. The van der Waals surface area contributed by atoms with Gasteiger partial charge in [-0.2, -0.15) is 13.2 Å². The molecule has 0 radical (unpaired) electrons. The molecular formula is C9H8F5NS. The molecule has 7 heteroatoms. The number of hydrogen-bond acceptors (Lipinski definition) is 2. The van der Waals surface area contributed by atoms with E-state index < -0.39 is 18.0 Å². The van der Waals surface area contributed by atoms with Gasteiger partial charge >= 0.3 is 5.51 Å². The fourth-order valence-electron chi connectivity index (χ4n) is 1.04. The molecule has 0 aliphatic rings. The summed E-state index contributed by atoms with van der Waals surface area (Å²) < 4.78 is 60.2. The topological polar surface area (TPSA) is 26.0 Å². The minimum atomic E-state index is -4.38. The minimum absolute atomic E-state index is 0.0577. The molecule has 1 atom stereocenters. The Kier molecular flexibility index (Phi) is 4.15. The smallest absolute Gasteiger partial charge is 0.319 e. The average Bonchev–Trinajstić information content (AvgIpc) is 2.15. The van der Waals surface area contributed by atoms with Crippen molar-refractivity contribution in [2.75, 3.05) is 0 Å². The second kappa shape index (κ2) is 5.01. The number of benzene rings is 1. The molecule has 0 aliphatic carbocycles. The molecule has 0 aromatic heterocycles. The summed E-state index contributed by atoms with van der Waals surface area (Å²) in [6.45, 7) is 0. The van der Waals surface area contributed by atoms with Crippen LogP contribution in [0.25, 0.3) is 0 Å². The summed E-state index contributed by atoms with van der Waals surface area (Å²) in [5, 5.41) is 0. The van der Waals surface area contributed by atoms with Crippen molar-refractivity contribution in [1.29, 1.82) is 0 Å². The SMILES string of the molecule is N[C@@H](c1ccc(SC(F)(F)F)cc1)C(F)F. The van der Waals surface area contributed by atoms with E-state index in [2.05, 4.69) is 0 Å². The molecule has 1 rings (SSSR count). The van der Waals surface area contributed by atoms with Crippen LogP contribution in [0, 0.1) is 0 Å². The van der Waals surface area contributed by atoms with Gasteiger partial charge in [0, 0.05) is 4.90 Å². The third kappa shape index (κ3) is 3.97. The van der Waals surface area contributed by atoms with Gasteiger partial charge in [0.1, 0.15) is 0 Å². The van der Waals surface area contributed by atoms with Gasteiger partial charge in [0.05, 0.1) is 6.04 Å². The van der Waals surface area contributed by atoms with Gasteiger partial charge in [-0.15, -0.1) is 0 Å². The Hall–Kier alpha value is -0.820. The van der Waals surface area contributed by atoms with Crippen molar-refractivity contribution >= 4 is 11.8 Å². The summed E-state index contributed by atoms with van der Waals surface area (Å²) in [4.78, 5) is -0.0577. The monoisotopic (exact) mass is 257 g/mol. The fraction of sp³-hybridized carbons (Fsp3) is 0.333. The van der Waals surface area contributed by atoms with Gasteiger partial charge in [-0.05, 0) is 29.5 Å². The molecule has 0 fully saturated rings. The third-order valence-electron chi connectivity index (χ3n) is 1.77. The van der Waals surface area contributed by atoms with E-state index in [1.54, 1.807) is 0 Å². The maximum absolute atomic E-state index is 12.2. The molecule has 0 bridgehead atoms. The van der Waals surface area contributed by atoms with Crippen LogP contribution in [0.5, 0.6) is 0 Å². The minimum Gasteiger partial charge on any atom is -0.319 e. The molecule has 16 heavy (non-hydrogen) atoms. The van der Waals surface area contributed by atoms with E-state index in [4.69, 9.17) is 5.73 Å². The van der Waals surface area contributed by atoms with Gasteiger partial charge in [0.25, 0.3) is 6.43 Å². The predicted molar refractivity (Wildman–Crippen MR) is 51.3 cm³/mol. The average molecular weight is 257 g/mol. The summed E-state index contributed by atoms with van der Waals surface area (Å²) in [6.07, 6.45) is -2.74. The Balaban J connectivity index is 2.76. The largest absolute Gasteiger partial charge is 0.446 e. The van der Waals surface area contributed by atoms with Gasteiger partial charge in [-0.25, -0.2) is 8.78 Å². The molecule has 0 unspecified atom stereocenters. The molecule has 0 aliphatic heterocycles. The zero-order valence-corrected chi connectivity index (χ0v) is 8.66. The normalized spacial score (nSPS) is 14.2. The van der Waals surface area contributed by atoms with Crippen molar-refractivity contribution < 1.29 is 22.0 Å². The molecule has 1 nitrogen and oxygen atoms in total. The second-order valence-electron chi connectivity index (χ2n) is 2.98. The number of nitrogens with two attached hydrogens (primary N) is 1. The number of rotatable bonds is 3. The van der Waals surface area contributed by atoms with E-state index in [-0.39, 0.29) is 22.2 Å². The van der Waals surface area contributed by atoms with E-state index in [1.807, 2.05) is 0 Å². The lowest BCUT2D eigenvalue weighted by atomic mass is 10.1. The van der Waals surface area contributed by atoms with E-state index in [0.717, 1.165) is 12.1 Å². The first-order chi connectivity index (χ1) is 7.29. The molecule has 2 N–H and O–H groups in total. The van der Waals surface area contributed by atoms with Crippen molar-refractivity contribution in [3.8, 4) is 0 Å². The summed E-state index contributed by atoms with van der Waals surface area (Å²) in [7, 11) is 0. The highest BCUT2D eigenvalue weighted by Crippen LogP contribution is 2.37. The summed E-state index contributed by atoms with van der Waals surface area (Å²) in [6, 6.07) is 3.12. The Morgan fingerprint density at radius 3 is 1.94 bits per heavy atom. The number of alkyl halides is 5. The molecule has 0 saturated carbocycles. The molecule has 0 spiro atoms. The Morgan fingerprint density at radius 1 is 1.06 bits per heavy atom. The summed E-state index contributed by atoms with van der Waals surface area (Å²) in [5.41, 5.74) is 0.866. The molecule has 1 aromatic carbocycles. The standard InChI is InChI=1S/C9H8F5NS/c10-8(11)7(15)5-1-3-6(4-2-5)16-9(12,13)14/h1-4,7-8H,15H2/t7-/m0/s1. The predicted octanol–water partition coefficient (Wildman–Crippen LogP) is 3.56. The van der Waals surface area contributed by atoms with Crippen LogP contribution >= 0.6 is 11.8 Å². The highest BCUT2D eigenvalue weighted by molar-refractivity contribution is 8.00. The Morgan fingerprint density at radius 2 is 1.56 bits per heavy atom. The van der Waals surface area contributed by atoms with Crippen molar-refractivity contribution in [2.45, 2.75) is 22.9 Å². The number of thioether (sulfide) groups is 1. The van der Waals surface area contributed by atoms with Crippen LogP contribution in [0.2, 0.25) is 0 Å². The zero-order valence-electron chi connectivity index (χ0n) is 7.84. The van der Waals surface area contributed by atoms with Crippen LogP contribution in [0.4, 0.5) is 22.0 Å². The van der Waals surface area contributed by atoms with Gasteiger partial charge in [-0.3, -0.25) is 0 Å². The van der Waals surface area contributed by atoms with Gasteiger partial charge in [-0.1, -0.05) is 12.1 Å². The lowest BCUT2D eigenvalue weighted by molar-refractivity contribution is -0.0328. The zero-order chi connectivity index (χ0) is 12.3. The maximum Gasteiger partial charge on any atom is 0.446 e. The van der Waals surface area contributed by atoms with E-state index in [1.165, 1.54) is 12.1 Å². The Bertz CT molecular complexity index is 335. The van der Waals surface area contributed by atoms with Crippen molar-refractivity contribution in [3.05, 3.63) is 29.8 Å². The van der Waals surface area contributed by atoms with Gasteiger partial charge in [0.15, 0.2) is 0 Å². The van der Waals surface area contributed by atoms with Crippen molar-refractivity contribution in [3.63, 3.8) is 0 Å². The van der Waals surface area contributed by atoms with Gasteiger partial charge in [0.2, 0.25) is 0 Å². The highest BCUT2D eigenvalue weighted by atomic mass is 32.2. The van der Waals surface area contributed by atoms with Crippen LogP contribution in [-0.4, -0.2) is 11.9 Å². The van der Waals surface area contributed by atoms with Gasteiger partial charge < -0.3 is 5.73 Å². The lowest BCUT2D eigenvalue weighted by Crippen LogP contribution is -2.18. The molecule has 0 saturated heterocycles. The first kappa shape index (κ1) is 13.2. The first-order valence-electron chi connectivity index (χ1n) is 4.19. The third-order valence-corrected chi connectivity index (χ3v) is 2.51.